The molecule has 6 nitrogen and oxygen atoms in total. The molecule has 2 heterocycles. The van der Waals surface area contributed by atoms with Crippen molar-refractivity contribution >= 4 is 23.5 Å². The average Bonchev–Trinajstić information content (AvgIpc) is 2.75. The normalized spacial score (nSPS) is 20.6. The van der Waals surface area contributed by atoms with E-state index in [9.17, 15) is 14.4 Å². The Labute approximate surface area is 120 Å². The number of rotatable bonds is 4. The van der Waals surface area contributed by atoms with Crippen LogP contribution in [0.1, 0.15) is 12.0 Å². The lowest BCUT2D eigenvalue weighted by molar-refractivity contribution is -0.215. The molecule has 0 radical (unpaired) electrons. The Morgan fingerprint density at radius 1 is 1.19 bits per heavy atom. The van der Waals surface area contributed by atoms with Crippen LogP contribution >= 0.6 is 0 Å². The molecule has 0 aliphatic carbocycles. The van der Waals surface area contributed by atoms with Gasteiger partial charge in [-0.2, -0.15) is 0 Å². The van der Waals surface area contributed by atoms with Gasteiger partial charge in [0.25, 0.3) is 11.8 Å². The third kappa shape index (κ3) is 2.85. The van der Waals surface area contributed by atoms with Crippen LogP contribution in [0.25, 0.3) is 0 Å². The first-order valence-electron chi connectivity index (χ1n) is 6.59. The van der Waals surface area contributed by atoms with E-state index < -0.39 is 6.29 Å². The van der Waals surface area contributed by atoms with Crippen LogP contribution in [0.5, 0.6) is 0 Å². The van der Waals surface area contributed by atoms with Crippen LogP contribution in [0.3, 0.4) is 0 Å². The largest absolute Gasteiger partial charge is 0.435 e. The monoisotopic (exact) mass is 287 g/mol. The van der Waals surface area contributed by atoms with Gasteiger partial charge in [0.05, 0.1) is 18.7 Å². The number of carbonyl (C=O) groups is 3. The maximum Gasteiger partial charge on any atom is 0.312 e. The Kier molecular flexibility index (Phi) is 3.53. The number of ether oxygens (including phenoxy) is 2. The van der Waals surface area contributed by atoms with Crippen LogP contribution in [-0.4, -0.2) is 30.7 Å². The van der Waals surface area contributed by atoms with Gasteiger partial charge in [-0.15, -0.1) is 0 Å². The van der Waals surface area contributed by atoms with Gasteiger partial charge in [0.1, 0.15) is 0 Å². The van der Waals surface area contributed by atoms with Crippen molar-refractivity contribution < 1.29 is 23.9 Å². The minimum absolute atomic E-state index is 0.125. The second-order valence-electron chi connectivity index (χ2n) is 4.77. The molecular formula is C15H13NO5. The molecule has 1 unspecified atom stereocenters. The van der Waals surface area contributed by atoms with Crippen LogP contribution in [0.4, 0.5) is 5.69 Å². The van der Waals surface area contributed by atoms with Gasteiger partial charge < -0.3 is 9.47 Å². The molecule has 0 bridgehead atoms. The summed E-state index contributed by atoms with van der Waals surface area (Å²) in [5.41, 5.74) is 1.23. The number of anilines is 1. The van der Waals surface area contributed by atoms with Gasteiger partial charge in [0, 0.05) is 18.6 Å². The van der Waals surface area contributed by atoms with E-state index in [0.29, 0.717) is 12.3 Å². The fraction of sp³-hybridized carbons (Fsp3) is 0.267. The predicted octanol–water partition coefficient (Wildman–Crippen LogP) is 0.948. The molecule has 0 N–H and O–H groups in total. The van der Waals surface area contributed by atoms with Crippen LogP contribution in [0.2, 0.25) is 0 Å². The highest BCUT2D eigenvalue weighted by Crippen LogP contribution is 2.20. The van der Waals surface area contributed by atoms with Gasteiger partial charge in [-0.05, 0) is 17.7 Å². The van der Waals surface area contributed by atoms with E-state index in [1.165, 1.54) is 12.2 Å². The van der Waals surface area contributed by atoms with Crippen LogP contribution in [0, 0.1) is 0 Å². The van der Waals surface area contributed by atoms with Crippen LogP contribution in [-0.2, 0) is 30.3 Å². The molecular weight excluding hydrogens is 274 g/mol. The predicted molar refractivity (Wildman–Crippen MR) is 72.2 cm³/mol. The topological polar surface area (TPSA) is 72.9 Å². The lowest BCUT2D eigenvalue weighted by atomic mass is 10.1. The quantitative estimate of drug-likeness (QED) is 0.609. The highest BCUT2D eigenvalue weighted by Gasteiger charge is 2.25. The molecule has 2 aliphatic rings. The first-order valence-corrected chi connectivity index (χ1v) is 6.59. The van der Waals surface area contributed by atoms with Crippen molar-refractivity contribution in [3.8, 4) is 0 Å². The Morgan fingerprint density at radius 2 is 1.81 bits per heavy atom. The standard InChI is InChI=1S/C15H13NO5/c17-12-5-6-13(18)16(12)11-3-1-10(2-4-11)9-14(19)21-15-7-8-20-15/h1-6,15H,7-9H2. The molecule has 1 atom stereocenters. The van der Waals surface area contributed by atoms with Crippen molar-refractivity contribution in [3.05, 3.63) is 42.0 Å². The fourth-order valence-corrected chi connectivity index (χ4v) is 2.08. The fourth-order valence-electron chi connectivity index (χ4n) is 2.08. The zero-order valence-corrected chi connectivity index (χ0v) is 11.2. The zero-order chi connectivity index (χ0) is 14.8. The third-order valence-electron chi connectivity index (χ3n) is 3.27. The van der Waals surface area contributed by atoms with Gasteiger partial charge >= 0.3 is 5.97 Å². The van der Waals surface area contributed by atoms with Crippen molar-refractivity contribution in [1.29, 1.82) is 0 Å². The van der Waals surface area contributed by atoms with Crippen molar-refractivity contribution in [2.45, 2.75) is 19.1 Å². The molecule has 0 spiro atoms. The maximum atomic E-state index is 11.6. The van der Waals surface area contributed by atoms with Crippen LogP contribution in [0.15, 0.2) is 36.4 Å². The summed E-state index contributed by atoms with van der Waals surface area (Å²) >= 11 is 0. The Balaban J connectivity index is 1.62. The summed E-state index contributed by atoms with van der Waals surface area (Å²) in [6.07, 6.45) is 2.90. The highest BCUT2D eigenvalue weighted by molar-refractivity contribution is 6.28. The summed E-state index contributed by atoms with van der Waals surface area (Å²) in [6, 6.07) is 6.64. The first kappa shape index (κ1) is 13.5. The van der Waals surface area contributed by atoms with Gasteiger partial charge in [-0.1, -0.05) is 12.1 Å². The number of benzene rings is 1. The Bertz CT molecular complexity index is 597. The van der Waals surface area contributed by atoms with E-state index in [-0.39, 0.29) is 24.2 Å². The highest BCUT2D eigenvalue weighted by atomic mass is 16.7. The first-order chi connectivity index (χ1) is 10.1. The van der Waals surface area contributed by atoms with E-state index in [0.717, 1.165) is 16.9 Å². The smallest absolute Gasteiger partial charge is 0.312 e. The van der Waals surface area contributed by atoms with Gasteiger partial charge in [0.15, 0.2) is 0 Å². The van der Waals surface area contributed by atoms with Gasteiger partial charge in [-0.3, -0.25) is 14.4 Å². The molecule has 3 rings (SSSR count). The summed E-state index contributed by atoms with van der Waals surface area (Å²) in [6.45, 7) is 0.624. The summed E-state index contributed by atoms with van der Waals surface area (Å²) in [4.78, 5) is 35.8. The van der Waals surface area contributed by atoms with E-state index in [1.54, 1.807) is 24.3 Å². The molecule has 1 aromatic carbocycles. The summed E-state index contributed by atoms with van der Waals surface area (Å²) in [5.74, 6) is -1.09. The molecule has 108 valence electrons. The van der Waals surface area contributed by atoms with Gasteiger partial charge in [-0.25, -0.2) is 4.90 Å². The van der Waals surface area contributed by atoms with E-state index in [4.69, 9.17) is 9.47 Å². The number of carbonyl (C=O) groups excluding carboxylic acids is 3. The number of esters is 1. The van der Waals surface area contributed by atoms with Gasteiger partial charge in [0.2, 0.25) is 6.29 Å². The minimum atomic E-state index is -0.414. The lowest BCUT2D eigenvalue weighted by Gasteiger charge is -2.25. The van der Waals surface area contributed by atoms with Crippen molar-refractivity contribution in [3.63, 3.8) is 0 Å². The summed E-state index contributed by atoms with van der Waals surface area (Å²) < 4.78 is 10.1. The third-order valence-corrected chi connectivity index (χ3v) is 3.27. The molecule has 2 amide bonds. The Hall–Kier alpha value is -2.47. The minimum Gasteiger partial charge on any atom is -0.435 e. The van der Waals surface area contributed by atoms with Crippen molar-refractivity contribution in [2.24, 2.45) is 0 Å². The Morgan fingerprint density at radius 3 is 2.33 bits per heavy atom. The molecule has 6 heteroatoms. The van der Waals surface area contributed by atoms with E-state index in [2.05, 4.69) is 0 Å². The van der Waals surface area contributed by atoms with Crippen molar-refractivity contribution in [2.75, 3.05) is 11.5 Å². The van der Waals surface area contributed by atoms with Crippen LogP contribution < -0.4 is 4.90 Å². The zero-order valence-electron chi connectivity index (χ0n) is 11.2. The SMILES string of the molecule is O=C(Cc1ccc(N2C(=O)C=CC2=O)cc1)OC1CCO1. The molecule has 1 saturated heterocycles. The number of amides is 2. The lowest BCUT2D eigenvalue weighted by Crippen LogP contribution is -2.32. The number of imide groups is 1. The summed E-state index contributed by atoms with van der Waals surface area (Å²) in [7, 11) is 0. The molecule has 21 heavy (non-hydrogen) atoms. The number of hydrogen-bond acceptors (Lipinski definition) is 5. The molecule has 1 fully saturated rings. The van der Waals surface area contributed by atoms with Crippen molar-refractivity contribution in [1.82, 2.24) is 0 Å². The van der Waals surface area contributed by atoms with E-state index in [1.807, 2.05) is 0 Å². The van der Waals surface area contributed by atoms with E-state index >= 15 is 0 Å². The molecule has 1 aromatic rings. The average molecular weight is 287 g/mol. The summed E-state index contributed by atoms with van der Waals surface area (Å²) in [5, 5.41) is 0. The molecule has 2 aliphatic heterocycles. The second-order valence-corrected chi connectivity index (χ2v) is 4.77. The maximum absolute atomic E-state index is 11.6. The number of nitrogens with zero attached hydrogens (tertiary/aromatic N) is 1. The molecule has 0 saturated carbocycles. The number of hydrogen-bond donors (Lipinski definition) is 0. The molecule has 0 aromatic heterocycles. The second kappa shape index (κ2) is 5.49.